The number of rotatable bonds is 4. The van der Waals surface area contributed by atoms with Crippen LogP contribution in [-0.2, 0) is 0 Å². The normalized spacial score (nSPS) is 44.3. The lowest BCUT2D eigenvalue weighted by Gasteiger charge is -2.38. The maximum Gasteiger partial charge on any atom is 0.162 e. The van der Waals surface area contributed by atoms with Crippen LogP contribution in [0.1, 0.15) is 89.9 Å². The first kappa shape index (κ1) is 19.8. The zero-order valence-electron chi connectivity index (χ0n) is 16.7. The van der Waals surface area contributed by atoms with Crippen molar-refractivity contribution in [3.05, 3.63) is 11.6 Å². The summed E-state index contributed by atoms with van der Waals surface area (Å²) in [6, 6.07) is 0. The Kier molecular flexibility index (Phi) is 6.54. The molecular weight excluding hydrogens is 345 g/mol. The Hall–Kier alpha value is -0.470. The molecular formula is C24H37F3. The highest BCUT2D eigenvalue weighted by atomic mass is 19.2. The standard InChI is InChI=1S/C24H37F3/c25-22-14-21(15-23(26)24(22)27)20-11-9-19(10-12-20)18-7-5-17(6-8-18)13-16-3-1-2-4-16/h11,16-19,21-24H,1-10,12-15H2. The van der Waals surface area contributed by atoms with E-state index in [4.69, 9.17) is 0 Å². The Morgan fingerprint density at radius 2 is 1.37 bits per heavy atom. The van der Waals surface area contributed by atoms with Gasteiger partial charge >= 0.3 is 0 Å². The van der Waals surface area contributed by atoms with E-state index in [1.165, 1.54) is 69.8 Å². The minimum Gasteiger partial charge on any atom is -0.244 e. The molecule has 0 heterocycles. The van der Waals surface area contributed by atoms with E-state index in [1.807, 2.05) is 0 Å². The highest BCUT2D eigenvalue weighted by molar-refractivity contribution is 5.14. The van der Waals surface area contributed by atoms with Crippen molar-refractivity contribution in [3.8, 4) is 0 Å². The quantitative estimate of drug-likeness (QED) is 0.441. The fourth-order valence-corrected chi connectivity index (χ4v) is 6.72. The van der Waals surface area contributed by atoms with Crippen molar-refractivity contribution in [3.63, 3.8) is 0 Å². The molecule has 0 aromatic rings. The zero-order valence-corrected chi connectivity index (χ0v) is 16.7. The number of hydrogen-bond donors (Lipinski definition) is 0. The van der Waals surface area contributed by atoms with Gasteiger partial charge in [0.05, 0.1) is 0 Å². The molecule has 3 heteroatoms. The van der Waals surface area contributed by atoms with Crippen LogP contribution >= 0.6 is 0 Å². The van der Waals surface area contributed by atoms with Crippen LogP contribution in [0.3, 0.4) is 0 Å². The van der Waals surface area contributed by atoms with Crippen LogP contribution < -0.4 is 0 Å². The molecule has 3 unspecified atom stereocenters. The fraction of sp³-hybridized carbons (Fsp3) is 0.917. The summed E-state index contributed by atoms with van der Waals surface area (Å²) in [4.78, 5) is 0. The average molecular weight is 383 g/mol. The molecule has 0 aromatic heterocycles. The molecule has 27 heavy (non-hydrogen) atoms. The van der Waals surface area contributed by atoms with Crippen molar-refractivity contribution in [2.24, 2.45) is 29.6 Å². The van der Waals surface area contributed by atoms with Crippen LogP contribution in [0.25, 0.3) is 0 Å². The van der Waals surface area contributed by atoms with Crippen molar-refractivity contribution in [1.29, 1.82) is 0 Å². The summed E-state index contributed by atoms with van der Waals surface area (Å²) >= 11 is 0. The van der Waals surface area contributed by atoms with Crippen molar-refractivity contribution in [1.82, 2.24) is 0 Å². The number of hydrogen-bond acceptors (Lipinski definition) is 0. The third-order valence-corrected chi connectivity index (χ3v) is 8.42. The number of allylic oxidation sites excluding steroid dienone is 2. The van der Waals surface area contributed by atoms with Gasteiger partial charge in [0.1, 0.15) is 12.3 Å². The minimum absolute atomic E-state index is 0.0647. The Morgan fingerprint density at radius 3 is 1.96 bits per heavy atom. The van der Waals surface area contributed by atoms with E-state index in [0.29, 0.717) is 0 Å². The van der Waals surface area contributed by atoms with Gasteiger partial charge in [-0.3, -0.25) is 0 Å². The summed E-state index contributed by atoms with van der Waals surface area (Å²) in [7, 11) is 0. The van der Waals surface area contributed by atoms with Crippen LogP contribution in [0.4, 0.5) is 13.2 Å². The molecule has 3 fully saturated rings. The van der Waals surface area contributed by atoms with Crippen LogP contribution in [0.15, 0.2) is 11.6 Å². The molecule has 154 valence electrons. The smallest absolute Gasteiger partial charge is 0.162 e. The van der Waals surface area contributed by atoms with E-state index in [-0.39, 0.29) is 18.8 Å². The molecule has 0 amide bonds. The van der Waals surface area contributed by atoms with E-state index in [1.54, 1.807) is 0 Å². The molecule has 0 saturated heterocycles. The van der Waals surface area contributed by atoms with E-state index in [9.17, 15) is 13.2 Å². The molecule has 0 N–H and O–H groups in total. The monoisotopic (exact) mass is 382 g/mol. The average Bonchev–Trinajstić information content (AvgIpc) is 3.19. The topological polar surface area (TPSA) is 0 Å². The first-order valence-corrected chi connectivity index (χ1v) is 11.7. The number of halogens is 3. The highest BCUT2D eigenvalue weighted by Gasteiger charge is 2.40. The third-order valence-electron chi connectivity index (χ3n) is 8.42. The van der Waals surface area contributed by atoms with Gasteiger partial charge in [0.15, 0.2) is 6.17 Å². The Morgan fingerprint density at radius 1 is 0.741 bits per heavy atom. The van der Waals surface area contributed by atoms with E-state index < -0.39 is 18.5 Å². The van der Waals surface area contributed by atoms with Crippen LogP contribution in [0.5, 0.6) is 0 Å². The maximum absolute atomic E-state index is 13.7. The van der Waals surface area contributed by atoms with Crippen molar-refractivity contribution in [2.45, 2.75) is 108 Å². The maximum atomic E-state index is 13.7. The predicted octanol–water partition coefficient (Wildman–Crippen LogP) is 7.52. The summed E-state index contributed by atoms with van der Waals surface area (Å²) in [5.41, 5.74) is 1.22. The summed E-state index contributed by atoms with van der Waals surface area (Å²) in [6.45, 7) is 0. The molecule has 0 spiro atoms. The second-order valence-electron chi connectivity index (χ2n) is 10.1. The molecule has 4 aliphatic rings. The second-order valence-corrected chi connectivity index (χ2v) is 10.1. The largest absolute Gasteiger partial charge is 0.244 e. The van der Waals surface area contributed by atoms with Crippen LogP contribution in [0.2, 0.25) is 0 Å². The van der Waals surface area contributed by atoms with Gasteiger partial charge < -0.3 is 0 Å². The lowest BCUT2D eigenvalue weighted by molar-refractivity contribution is 0.0243. The minimum atomic E-state index is -1.90. The Bertz CT molecular complexity index is 490. The molecule has 4 aliphatic carbocycles. The molecule has 0 bridgehead atoms. The SMILES string of the molecule is FC1CC(C2=CCC(C3CCC(CC4CCCC4)CC3)CC2)CC(F)C1F. The lowest BCUT2D eigenvalue weighted by Crippen LogP contribution is -2.38. The number of alkyl halides is 3. The van der Waals surface area contributed by atoms with Gasteiger partial charge in [-0.05, 0) is 81.0 Å². The molecule has 4 rings (SSSR count). The molecule has 3 atom stereocenters. The van der Waals surface area contributed by atoms with Gasteiger partial charge in [0, 0.05) is 0 Å². The Balaban J connectivity index is 1.23. The van der Waals surface area contributed by atoms with Crippen molar-refractivity contribution < 1.29 is 13.2 Å². The third kappa shape index (κ3) is 4.75. The lowest BCUT2D eigenvalue weighted by atomic mass is 9.68. The molecule has 0 aromatic carbocycles. The van der Waals surface area contributed by atoms with Gasteiger partial charge in [-0.1, -0.05) is 50.2 Å². The predicted molar refractivity (Wildman–Crippen MR) is 105 cm³/mol. The second kappa shape index (κ2) is 8.91. The summed E-state index contributed by atoms with van der Waals surface area (Å²) in [5.74, 6) is 3.54. The molecule has 3 saturated carbocycles. The van der Waals surface area contributed by atoms with Crippen LogP contribution in [0, 0.1) is 29.6 Å². The zero-order chi connectivity index (χ0) is 18.8. The Labute approximate surface area is 163 Å². The first-order valence-electron chi connectivity index (χ1n) is 11.7. The van der Waals surface area contributed by atoms with E-state index in [2.05, 4.69) is 6.08 Å². The van der Waals surface area contributed by atoms with Crippen LogP contribution in [-0.4, -0.2) is 18.5 Å². The van der Waals surface area contributed by atoms with Gasteiger partial charge in [-0.15, -0.1) is 0 Å². The van der Waals surface area contributed by atoms with Crippen molar-refractivity contribution >= 4 is 0 Å². The van der Waals surface area contributed by atoms with Crippen molar-refractivity contribution in [2.75, 3.05) is 0 Å². The molecule has 0 radical (unpaired) electrons. The fourth-order valence-electron chi connectivity index (χ4n) is 6.72. The first-order chi connectivity index (χ1) is 13.1. The molecule has 0 aliphatic heterocycles. The van der Waals surface area contributed by atoms with Gasteiger partial charge in [-0.2, -0.15) is 0 Å². The van der Waals surface area contributed by atoms with Gasteiger partial charge in [0.25, 0.3) is 0 Å². The van der Waals surface area contributed by atoms with E-state index in [0.717, 1.165) is 36.5 Å². The molecule has 0 nitrogen and oxygen atoms in total. The van der Waals surface area contributed by atoms with E-state index >= 15 is 0 Å². The van der Waals surface area contributed by atoms with Gasteiger partial charge in [0.2, 0.25) is 0 Å². The highest BCUT2D eigenvalue weighted by Crippen LogP contribution is 2.45. The van der Waals surface area contributed by atoms with Gasteiger partial charge in [-0.25, -0.2) is 13.2 Å². The summed E-state index contributed by atoms with van der Waals surface area (Å²) in [5, 5.41) is 0. The summed E-state index contributed by atoms with van der Waals surface area (Å²) < 4.78 is 40.9. The summed E-state index contributed by atoms with van der Waals surface area (Å²) in [6.07, 6.45) is 13.7.